The fraction of sp³-hybridized carbons (Fsp3) is 0.320. The number of nitrogens with one attached hydrogen (secondary N) is 1. The van der Waals surface area contributed by atoms with Crippen molar-refractivity contribution in [3.8, 4) is 5.75 Å². The molecule has 1 aliphatic rings. The third-order valence-corrected chi connectivity index (χ3v) is 7.52. The van der Waals surface area contributed by atoms with Gasteiger partial charge in [-0.25, -0.2) is 12.7 Å². The first-order valence-electron chi connectivity index (χ1n) is 11.0. The zero-order valence-electron chi connectivity index (χ0n) is 18.0. The molecule has 1 heterocycles. The van der Waals surface area contributed by atoms with Crippen LogP contribution < -0.4 is 10.1 Å². The molecule has 3 aromatic rings. The van der Waals surface area contributed by atoms with E-state index >= 15 is 0 Å². The van der Waals surface area contributed by atoms with Crippen LogP contribution in [0, 0.1) is 0 Å². The zero-order valence-corrected chi connectivity index (χ0v) is 18.8. The number of nitrogens with zero attached hydrogens (tertiary/aromatic N) is 1. The summed E-state index contributed by atoms with van der Waals surface area (Å²) in [5.74, 6) is 0.543. The highest BCUT2D eigenvalue weighted by Gasteiger charge is 2.24. The van der Waals surface area contributed by atoms with Gasteiger partial charge in [0, 0.05) is 24.0 Å². The molecule has 0 radical (unpaired) electrons. The molecule has 4 rings (SSSR count). The molecule has 3 aromatic carbocycles. The lowest BCUT2D eigenvalue weighted by molar-refractivity contribution is 0.0947. The van der Waals surface area contributed by atoms with Gasteiger partial charge in [0.1, 0.15) is 12.4 Å². The van der Waals surface area contributed by atoms with E-state index in [1.807, 2.05) is 42.5 Å². The van der Waals surface area contributed by atoms with Gasteiger partial charge in [-0.3, -0.25) is 4.79 Å². The van der Waals surface area contributed by atoms with Gasteiger partial charge in [0.2, 0.25) is 10.0 Å². The van der Waals surface area contributed by atoms with E-state index in [0.29, 0.717) is 37.4 Å². The van der Waals surface area contributed by atoms with Crippen LogP contribution >= 0.6 is 0 Å². The van der Waals surface area contributed by atoms with E-state index in [4.69, 9.17) is 4.74 Å². The first kappa shape index (κ1) is 22.3. The minimum Gasteiger partial charge on any atom is -0.491 e. The highest BCUT2D eigenvalue weighted by Crippen LogP contribution is 2.25. The van der Waals surface area contributed by atoms with Crippen LogP contribution in [0.5, 0.6) is 5.75 Å². The lowest BCUT2D eigenvalue weighted by Gasteiger charge is -2.25. The average molecular weight is 453 g/mol. The predicted molar refractivity (Wildman–Crippen MR) is 126 cm³/mol. The predicted octanol–water partition coefficient (Wildman–Crippen LogP) is 3.96. The van der Waals surface area contributed by atoms with E-state index in [9.17, 15) is 13.2 Å². The average Bonchev–Trinajstić information content (AvgIpc) is 2.82. The third kappa shape index (κ3) is 5.47. The van der Waals surface area contributed by atoms with Crippen molar-refractivity contribution in [1.82, 2.24) is 9.62 Å². The van der Waals surface area contributed by atoms with Crippen molar-refractivity contribution in [2.45, 2.75) is 25.0 Å². The van der Waals surface area contributed by atoms with Gasteiger partial charge >= 0.3 is 0 Å². The topological polar surface area (TPSA) is 75.7 Å². The fourth-order valence-electron chi connectivity index (χ4n) is 3.95. The minimum absolute atomic E-state index is 0.0340. The van der Waals surface area contributed by atoms with Gasteiger partial charge in [-0.1, -0.05) is 55.0 Å². The number of fused-ring (bicyclic) bond motifs is 1. The molecule has 6 nitrogen and oxygen atoms in total. The summed E-state index contributed by atoms with van der Waals surface area (Å²) in [6.07, 6.45) is 2.92. The molecule has 32 heavy (non-hydrogen) atoms. The second kappa shape index (κ2) is 10.1. The molecule has 1 N–H and O–H groups in total. The number of sulfonamides is 1. The summed E-state index contributed by atoms with van der Waals surface area (Å²) < 4.78 is 32.6. The molecular formula is C25H28N2O4S. The minimum atomic E-state index is -3.31. The number of carbonyl (C=O) groups excluding carboxylic acids is 1. The molecule has 0 saturated carbocycles. The van der Waals surface area contributed by atoms with Crippen LogP contribution in [0.4, 0.5) is 0 Å². The van der Waals surface area contributed by atoms with Crippen LogP contribution in [0.1, 0.15) is 35.2 Å². The molecule has 1 aliphatic heterocycles. The Balaban J connectivity index is 1.27. The van der Waals surface area contributed by atoms with Crippen LogP contribution in [-0.4, -0.2) is 44.9 Å². The van der Waals surface area contributed by atoms with Crippen molar-refractivity contribution in [2.75, 3.05) is 26.2 Å². The maximum absolute atomic E-state index is 12.6. The van der Waals surface area contributed by atoms with E-state index in [1.54, 1.807) is 28.6 Å². The van der Waals surface area contributed by atoms with Crippen LogP contribution in [0.25, 0.3) is 10.8 Å². The molecule has 168 valence electrons. The quantitative estimate of drug-likeness (QED) is 0.525. The molecule has 0 spiro atoms. The third-order valence-electron chi connectivity index (χ3n) is 5.67. The van der Waals surface area contributed by atoms with Crippen LogP contribution in [-0.2, 0) is 15.8 Å². The van der Waals surface area contributed by atoms with E-state index in [2.05, 4.69) is 5.32 Å². The van der Waals surface area contributed by atoms with Gasteiger partial charge in [0.25, 0.3) is 5.91 Å². The Morgan fingerprint density at radius 1 is 0.906 bits per heavy atom. The summed E-state index contributed by atoms with van der Waals surface area (Å²) in [5, 5.41) is 4.99. The van der Waals surface area contributed by atoms with Crippen molar-refractivity contribution in [1.29, 1.82) is 0 Å². The highest BCUT2D eigenvalue weighted by atomic mass is 32.2. The molecule has 1 amide bonds. The number of rotatable bonds is 8. The maximum atomic E-state index is 12.6. The first-order chi connectivity index (χ1) is 15.5. The molecule has 0 atom stereocenters. The highest BCUT2D eigenvalue weighted by molar-refractivity contribution is 7.88. The molecular weight excluding hydrogens is 424 g/mol. The largest absolute Gasteiger partial charge is 0.491 e. The van der Waals surface area contributed by atoms with Crippen LogP contribution in [0.2, 0.25) is 0 Å². The Hall–Kier alpha value is -2.90. The molecule has 7 heteroatoms. The Kier molecular flexibility index (Phi) is 7.07. The molecule has 0 bridgehead atoms. The fourth-order valence-corrected chi connectivity index (χ4v) is 5.56. The Bertz CT molecular complexity index is 1160. The Morgan fingerprint density at radius 3 is 2.41 bits per heavy atom. The van der Waals surface area contributed by atoms with Gasteiger partial charge in [0.05, 0.1) is 12.3 Å². The van der Waals surface area contributed by atoms with Gasteiger partial charge in [-0.05, 0) is 42.0 Å². The zero-order chi connectivity index (χ0) is 22.4. The number of carbonyl (C=O) groups is 1. The molecule has 0 aromatic heterocycles. The van der Waals surface area contributed by atoms with E-state index in [-0.39, 0.29) is 11.7 Å². The van der Waals surface area contributed by atoms with Crippen LogP contribution in [0.15, 0.2) is 66.7 Å². The summed E-state index contributed by atoms with van der Waals surface area (Å²) in [5.41, 5.74) is 1.18. The maximum Gasteiger partial charge on any atom is 0.251 e. The second-order valence-electron chi connectivity index (χ2n) is 7.99. The van der Waals surface area contributed by atoms with E-state index in [1.165, 1.54) is 0 Å². The number of amides is 1. The monoisotopic (exact) mass is 452 g/mol. The summed E-state index contributed by atoms with van der Waals surface area (Å²) in [4.78, 5) is 12.4. The van der Waals surface area contributed by atoms with Crippen molar-refractivity contribution >= 4 is 26.7 Å². The van der Waals surface area contributed by atoms with Crippen molar-refractivity contribution in [3.05, 3.63) is 77.9 Å². The number of ether oxygens (including phenoxy) is 1. The van der Waals surface area contributed by atoms with Crippen molar-refractivity contribution < 1.29 is 17.9 Å². The van der Waals surface area contributed by atoms with Gasteiger partial charge in [-0.2, -0.15) is 0 Å². The number of piperidine rings is 1. The van der Waals surface area contributed by atoms with Gasteiger partial charge in [-0.15, -0.1) is 0 Å². The van der Waals surface area contributed by atoms with Crippen molar-refractivity contribution in [3.63, 3.8) is 0 Å². The number of hydrogen-bond donors (Lipinski definition) is 1. The summed E-state index contributed by atoms with van der Waals surface area (Å²) >= 11 is 0. The standard InChI is InChI=1S/C25H28N2O4S/c28-25(26-15-18-31-24-10-6-8-21-7-2-3-9-23(21)24)22-13-11-20(12-14-22)19-32(29,30)27-16-4-1-5-17-27/h2-3,6-14H,1,4-5,15-19H2,(H,26,28). The lowest BCUT2D eigenvalue weighted by Crippen LogP contribution is -2.36. The van der Waals surface area contributed by atoms with Crippen molar-refractivity contribution in [2.24, 2.45) is 0 Å². The van der Waals surface area contributed by atoms with E-state index in [0.717, 1.165) is 35.8 Å². The lowest BCUT2D eigenvalue weighted by atomic mass is 10.1. The van der Waals surface area contributed by atoms with Crippen LogP contribution in [0.3, 0.4) is 0 Å². The smallest absolute Gasteiger partial charge is 0.251 e. The molecule has 0 unspecified atom stereocenters. The van der Waals surface area contributed by atoms with Gasteiger partial charge < -0.3 is 10.1 Å². The molecule has 1 fully saturated rings. The first-order valence-corrected chi connectivity index (χ1v) is 12.6. The van der Waals surface area contributed by atoms with Gasteiger partial charge in [0.15, 0.2) is 0 Å². The Morgan fingerprint density at radius 2 is 1.62 bits per heavy atom. The summed E-state index contributed by atoms with van der Waals surface area (Å²) in [6.45, 7) is 1.92. The number of benzene rings is 3. The molecule has 1 saturated heterocycles. The number of hydrogen-bond acceptors (Lipinski definition) is 4. The normalized spacial score (nSPS) is 14.9. The van der Waals surface area contributed by atoms with E-state index < -0.39 is 10.0 Å². The summed E-state index contributed by atoms with van der Waals surface area (Å²) in [7, 11) is -3.31. The summed E-state index contributed by atoms with van der Waals surface area (Å²) in [6, 6.07) is 20.7. The SMILES string of the molecule is O=C(NCCOc1cccc2ccccc12)c1ccc(CS(=O)(=O)N2CCCCC2)cc1. The Labute approximate surface area is 189 Å². The molecule has 0 aliphatic carbocycles. The second-order valence-corrected chi connectivity index (χ2v) is 9.96.